The van der Waals surface area contributed by atoms with Crippen molar-refractivity contribution in [3.8, 4) is 11.5 Å². The summed E-state index contributed by atoms with van der Waals surface area (Å²) in [6.45, 7) is 2.48. The van der Waals surface area contributed by atoms with E-state index in [0.29, 0.717) is 42.8 Å². The summed E-state index contributed by atoms with van der Waals surface area (Å²) in [4.78, 5) is 17.3. The van der Waals surface area contributed by atoms with Gasteiger partial charge >= 0.3 is 5.97 Å². The number of aromatic hydroxyl groups is 1. The molecule has 0 radical (unpaired) electrons. The van der Waals surface area contributed by atoms with Crippen molar-refractivity contribution in [2.45, 2.75) is 43.2 Å². The molecule has 3 rings (SSSR count). The number of benzene rings is 1. The van der Waals surface area contributed by atoms with Gasteiger partial charge < -0.3 is 49.2 Å². The Hall–Kier alpha value is -1.97. The topological polar surface area (TPSA) is 177 Å². The molecule has 1 saturated heterocycles. The highest BCUT2D eigenvalue weighted by Crippen LogP contribution is 2.36. The number of thioether (sulfide) groups is 1. The lowest BCUT2D eigenvalue weighted by molar-refractivity contribution is -0.293. The van der Waals surface area contributed by atoms with Crippen molar-refractivity contribution in [1.29, 1.82) is 0 Å². The Kier molecular flexibility index (Phi) is 9.72. The number of hydrogen-bond acceptors (Lipinski definition) is 13. The molecule has 0 saturated carbocycles. The van der Waals surface area contributed by atoms with Crippen molar-refractivity contribution in [2.75, 3.05) is 45.9 Å². The minimum Gasteiger partial charge on any atom is -0.507 e. The third-order valence-corrected chi connectivity index (χ3v) is 6.77. The molecule has 1 aromatic carbocycles. The van der Waals surface area contributed by atoms with Crippen molar-refractivity contribution in [3.63, 3.8) is 0 Å². The molecule has 5 N–H and O–H groups in total. The number of hydrogen-bond donors (Lipinski definition) is 5. The SMILES string of the molecule is COCCOCCOc1ccc(C2=N[C@@](C)(C(=O)O[C@H]3OC(CO)[C@@H](O)C(O)[C@H]3O)CS2)c(O)c1. The third kappa shape index (κ3) is 6.62. The molecule has 6 atom stereocenters. The lowest BCUT2D eigenvalue weighted by Gasteiger charge is -2.39. The number of phenols is 1. The Morgan fingerprint density at radius 2 is 1.91 bits per heavy atom. The van der Waals surface area contributed by atoms with Crippen LogP contribution in [0, 0.1) is 0 Å². The van der Waals surface area contributed by atoms with Crippen molar-refractivity contribution in [2.24, 2.45) is 4.99 Å². The summed E-state index contributed by atoms with van der Waals surface area (Å²) in [5.41, 5.74) is -0.956. The number of ether oxygens (including phenoxy) is 5. The highest BCUT2D eigenvalue weighted by Gasteiger charge is 2.48. The van der Waals surface area contributed by atoms with Crippen LogP contribution in [-0.4, -0.2) is 119 Å². The van der Waals surface area contributed by atoms with Crippen LogP contribution in [0.5, 0.6) is 11.5 Å². The number of carbonyl (C=O) groups is 1. The van der Waals surface area contributed by atoms with E-state index in [2.05, 4.69) is 4.99 Å². The van der Waals surface area contributed by atoms with Gasteiger partial charge in [-0.1, -0.05) is 0 Å². The normalized spacial score (nSPS) is 30.7. The molecule has 1 fully saturated rings. The van der Waals surface area contributed by atoms with Crippen LogP contribution in [0.4, 0.5) is 0 Å². The predicted octanol–water partition coefficient (Wildman–Crippen LogP) is -0.971. The highest BCUT2D eigenvalue weighted by atomic mass is 32.2. The Balaban J connectivity index is 1.61. The fourth-order valence-electron chi connectivity index (χ4n) is 3.38. The molecule has 12 nitrogen and oxygen atoms in total. The molecule has 2 aliphatic heterocycles. The first-order valence-corrected chi connectivity index (χ1v) is 12.0. The van der Waals surface area contributed by atoms with Gasteiger partial charge in [0.15, 0.2) is 5.54 Å². The van der Waals surface area contributed by atoms with E-state index in [0.717, 1.165) is 0 Å². The largest absolute Gasteiger partial charge is 0.507 e. The number of aliphatic hydroxyl groups is 4. The lowest BCUT2D eigenvalue weighted by Crippen LogP contribution is -2.60. The number of methoxy groups -OCH3 is 1. The summed E-state index contributed by atoms with van der Waals surface area (Å²) in [5.74, 6) is -0.289. The molecule has 0 aliphatic carbocycles. The molecule has 0 spiro atoms. The zero-order valence-electron chi connectivity index (χ0n) is 19.4. The van der Waals surface area contributed by atoms with E-state index in [-0.39, 0.29) is 11.5 Å². The van der Waals surface area contributed by atoms with Crippen molar-refractivity contribution >= 4 is 22.8 Å². The van der Waals surface area contributed by atoms with Crippen LogP contribution in [0.2, 0.25) is 0 Å². The van der Waals surface area contributed by atoms with Gasteiger partial charge in [-0.15, -0.1) is 11.8 Å². The molecule has 0 aromatic heterocycles. The Labute approximate surface area is 206 Å². The molecule has 0 amide bonds. The van der Waals surface area contributed by atoms with Crippen LogP contribution in [0.15, 0.2) is 23.2 Å². The van der Waals surface area contributed by atoms with Gasteiger partial charge in [-0.25, -0.2) is 4.79 Å². The predicted molar refractivity (Wildman–Crippen MR) is 124 cm³/mol. The lowest BCUT2D eigenvalue weighted by atomic mass is 9.99. The standard InChI is InChI=1S/C22H31NO11S/c1-22(21(29)34-20-18(28)17(27)16(26)15(10-24)33-20)11-35-19(23-22)13-4-3-12(9-14(13)25)32-8-7-31-6-5-30-2/h3-4,9,15-18,20,24-28H,5-8,10-11H2,1-2H3/t15?,16-,17?,18-,20-,22-/m1/s1. The molecular formula is C22H31NO11S. The van der Waals surface area contributed by atoms with Crippen LogP contribution in [0.25, 0.3) is 0 Å². The number of aliphatic hydroxyl groups excluding tert-OH is 4. The number of esters is 1. The number of aliphatic imine (C=N–C) groups is 1. The zero-order valence-corrected chi connectivity index (χ0v) is 20.2. The van der Waals surface area contributed by atoms with Crippen LogP contribution in [-0.2, 0) is 23.7 Å². The maximum Gasteiger partial charge on any atom is 0.337 e. The van der Waals surface area contributed by atoms with Gasteiger partial charge in [0.1, 0.15) is 47.6 Å². The second kappa shape index (κ2) is 12.3. The van der Waals surface area contributed by atoms with Gasteiger partial charge in [-0.05, 0) is 19.1 Å². The van der Waals surface area contributed by atoms with Gasteiger partial charge in [-0.3, -0.25) is 4.99 Å². The van der Waals surface area contributed by atoms with E-state index in [1.807, 2.05) is 0 Å². The van der Waals surface area contributed by atoms with E-state index in [1.54, 1.807) is 19.2 Å². The fraction of sp³-hybridized carbons (Fsp3) is 0.636. The molecule has 2 aliphatic rings. The summed E-state index contributed by atoms with van der Waals surface area (Å²) in [6.07, 6.45) is -7.74. The average molecular weight is 518 g/mol. The Morgan fingerprint density at radius 3 is 2.60 bits per heavy atom. The molecule has 2 heterocycles. The summed E-state index contributed by atoms with van der Waals surface area (Å²) in [5, 5.41) is 50.0. The van der Waals surface area contributed by atoms with Crippen LogP contribution in [0.3, 0.4) is 0 Å². The molecule has 35 heavy (non-hydrogen) atoms. The van der Waals surface area contributed by atoms with Crippen LogP contribution in [0.1, 0.15) is 12.5 Å². The number of nitrogens with zero attached hydrogens (tertiary/aromatic N) is 1. The van der Waals surface area contributed by atoms with Crippen LogP contribution >= 0.6 is 11.8 Å². The first-order valence-electron chi connectivity index (χ1n) is 11.0. The van der Waals surface area contributed by atoms with Crippen molar-refractivity contribution in [1.82, 2.24) is 0 Å². The van der Waals surface area contributed by atoms with E-state index >= 15 is 0 Å². The van der Waals surface area contributed by atoms with Crippen LogP contribution < -0.4 is 4.74 Å². The quantitative estimate of drug-likeness (QED) is 0.180. The maximum atomic E-state index is 12.8. The second-order valence-corrected chi connectivity index (χ2v) is 9.18. The smallest absolute Gasteiger partial charge is 0.337 e. The van der Waals surface area contributed by atoms with E-state index in [9.17, 15) is 30.3 Å². The second-order valence-electron chi connectivity index (χ2n) is 8.21. The van der Waals surface area contributed by atoms with Gasteiger partial charge in [-0.2, -0.15) is 0 Å². The summed E-state index contributed by atoms with van der Waals surface area (Å²) >= 11 is 1.23. The Bertz CT molecular complexity index is 898. The monoisotopic (exact) mass is 517 g/mol. The molecule has 13 heteroatoms. The number of phenolic OH excluding ortho intramolecular Hbond substituents is 1. The third-order valence-electron chi connectivity index (χ3n) is 5.48. The van der Waals surface area contributed by atoms with Gasteiger partial charge in [0.05, 0.1) is 26.4 Å². The summed E-state index contributed by atoms with van der Waals surface area (Å²) < 4.78 is 26.2. The number of rotatable bonds is 11. The van der Waals surface area contributed by atoms with E-state index in [1.165, 1.54) is 24.8 Å². The average Bonchev–Trinajstić information content (AvgIpc) is 3.24. The maximum absolute atomic E-state index is 12.8. The van der Waals surface area contributed by atoms with Gasteiger partial charge in [0.2, 0.25) is 6.29 Å². The van der Waals surface area contributed by atoms with E-state index < -0.39 is 48.8 Å². The van der Waals surface area contributed by atoms with Crippen molar-refractivity contribution in [3.05, 3.63) is 23.8 Å². The minimum atomic E-state index is -1.71. The minimum absolute atomic E-state index is 0.0828. The molecular weight excluding hydrogens is 486 g/mol. The summed E-state index contributed by atoms with van der Waals surface area (Å²) in [7, 11) is 1.59. The van der Waals surface area contributed by atoms with Crippen molar-refractivity contribution < 1.29 is 54.0 Å². The zero-order chi connectivity index (χ0) is 25.6. The first kappa shape index (κ1) is 27.6. The molecule has 196 valence electrons. The molecule has 2 unspecified atom stereocenters. The Morgan fingerprint density at radius 1 is 1.17 bits per heavy atom. The van der Waals surface area contributed by atoms with Gasteiger partial charge in [0.25, 0.3) is 0 Å². The fourth-order valence-corrected chi connectivity index (χ4v) is 4.58. The number of carbonyl (C=O) groups excluding carboxylic acids is 1. The summed E-state index contributed by atoms with van der Waals surface area (Å²) in [6, 6.07) is 4.72. The first-order chi connectivity index (χ1) is 16.7. The molecule has 1 aromatic rings. The molecule has 0 bridgehead atoms. The highest BCUT2D eigenvalue weighted by molar-refractivity contribution is 8.14. The van der Waals surface area contributed by atoms with Gasteiger partial charge in [0, 0.05) is 24.5 Å². The van der Waals surface area contributed by atoms with E-state index in [4.69, 9.17) is 23.7 Å².